The molecule has 0 aliphatic carbocycles. The summed E-state index contributed by atoms with van der Waals surface area (Å²) in [5.41, 5.74) is 1.67. The molecule has 2 heterocycles. The van der Waals surface area contributed by atoms with Crippen LogP contribution in [0.2, 0.25) is 0 Å². The van der Waals surface area contributed by atoms with Gasteiger partial charge in [-0.25, -0.2) is 0 Å². The molecule has 8 nitrogen and oxygen atoms in total. The van der Waals surface area contributed by atoms with Crippen LogP contribution in [-0.2, 0) is 17.4 Å². The molecule has 0 radical (unpaired) electrons. The maximum Gasteiger partial charge on any atom is 0.416 e. The van der Waals surface area contributed by atoms with Crippen LogP contribution < -0.4 is 5.62 Å². The Morgan fingerprint density at radius 3 is 2.64 bits per heavy atom. The number of nitrogens with zero attached hydrogens (tertiary/aromatic N) is 2. The fourth-order valence-electron chi connectivity index (χ4n) is 4.48. The van der Waals surface area contributed by atoms with Crippen molar-refractivity contribution < 1.29 is 33.0 Å². The first-order valence-corrected chi connectivity index (χ1v) is 11.6. The average molecular weight is 505 g/mol. The first-order chi connectivity index (χ1) is 17.1. The zero-order valence-corrected chi connectivity index (χ0v) is 19.6. The third kappa shape index (κ3) is 5.52. The van der Waals surface area contributed by atoms with E-state index in [9.17, 15) is 33.0 Å². The van der Waals surface area contributed by atoms with Crippen LogP contribution in [0.25, 0.3) is 11.0 Å². The van der Waals surface area contributed by atoms with Gasteiger partial charge in [0.15, 0.2) is 0 Å². The van der Waals surface area contributed by atoms with Gasteiger partial charge in [0.05, 0.1) is 35.2 Å². The number of aliphatic hydroxyl groups excluding tert-OH is 2. The highest BCUT2D eigenvalue weighted by Gasteiger charge is 2.31. The summed E-state index contributed by atoms with van der Waals surface area (Å²) in [6.07, 6.45) is -3.27. The number of H-pyrrole nitrogens is 2. The standard InChI is InChI=1S/C25H27F3N4O4/c1-32-9-3-6-18(23(32)36)19-12-21-20(11-14(19)7-8-17(34)13-33)29-24(30-21)31-22(35)15-4-2-5-16(10-15)25(26,27)28/h2,4-5,10-12,17-18,33-34H,3,6-9,13H2,1H3,(H2,29,30,31,35)/t17-,18+/m1/s1. The zero-order valence-electron chi connectivity index (χ0n) is 19.6. The number of amides is 2. The Kier molecular flexibility index (Phi) is 7.32. The summed E-state index contributed by atoms with van der Waals surface area (Å²) < 4.78 is 39.0. The van der Waals surface area contributed by atoms with Gasteiger partial charge < -0.3 is 25.1 Å². The number of rotatable bonds is 6. The number of likely N-dealkylation sites (tertiary alicyclic amines) is 1. The van der Waals surface area contributed by atoms with Gasteiger partial charge in [-0.05, 0) is 67.1 Å². The van der Waals surface area contributed by atoms with Gasteiger partial charge in [-0.3, -0.25) is 9.59 Å². The van der Waals surface area contributed by atoms with Crippen molar-refractivity contribution in [2.75, 3.05) is 20.2 Å². The minimum atomic E-state index is -4.58. The molecule has 0 unspecified atom stereocenters. The lowest BCUT2D eigenvalue weighted by atomic mass is 9.85. The van der Waals surface area contributed by atoms with Crippen LogP contribution in [0.5, 0.6) is 0 Å². The highest BCUT2D eigenvalue weighted by atomic mass is 19.4. The smallest absolute Gasteiger partial charge is 0.394 e. The summed E-state index contributed by atoms with van der Waals surface area (Å²) in [5.74, 6) is -1.23. The molecule has 0 saturated carbocycles. The Hall–Kier alpha value is -3.44. The summed E-state index contributed by atoms with van der Waals surface area (Å²) in [6, 6.07) is 7.66. The van der Waals surface area contributed by atoms with Crippen LogP contribution in [0, 0.1) is 0 Å². The van der Waals surface area contributed by atoms with Gasteiger partial charge in [0.1, 0.15) is 0 Å². The monoisotopic (exact) mass is 504 g/mol. The van der Waals surface area contributed by atoms with Gasteiger partial charge in [-0.1, -0.05) is 6.07 Å². The maximum atomic E-state index is 13.0. The topological polar surface area (TPSA) is 122 Å². The number of aryl methyl sites for hydroxylation is 1. The number of piperidine rings is 1. The number of fused-ring (bicyclic) bond motifs is 1. The second-order valence-electron chi connectivity index (χ2n) is 9.02. The van der Waals surface area contributed by atoms with E-state index in [0.29, 0.717) is 36.8 Å². The van der Waals surface area contributed by atoms with Crippen LogP contribution in [0.3, 0.4) is 0 Å². The third-order valence-electron chi connectivity index (χ3n) is 6.43. The number of likely N-dealkylation sites (N-methyl/N-ethyl adjacent to an activating group) is 1. The van der Waals surface area contributed by atoms with Crippen LogP contribution in [0.15, 0.2) is 41.4 Å². The quantitative estimate of drug-likeness (QED) is 0.412. The molecule has 1 aromatic heterocycles. The van der Waals surface area contributed by atoms with Crippen molar-refractivity contribution in [1.29, 1.82) is 0 Å². The molecule has 36 heavy (non-hydrogen) atoms. The third-order valence-corrected chi connectivity index (χ3v) is 6.43. The maximum absolute atomic E-state index is 13.0. The SMILES string of the molecule is CN1CCC[C@@H](c2cc3[nH]/c(=N/C(=O)c4cccc(C(F)(F)F)c4)[nH]c3cc2CC[C@@H](O)CO)C1=O. The Morgan fingerprint density at radius 1 is 1.22 bits per heavy atom. The van der Waals surface area contributed by atoms with Crippen molar-refractivity contribution in [3.05, 3.63) is 64.3 Å². The van der Waals surface area contributed by atoms with Crippen molar-refractivity contribution in [3.8, 4) is 0 Å². The second-order valence-corrected chi connectivity index (χ2v) is 9.02. The lowest BCUT2D eigenvalue weighted by Crippen LogP contribution is -2.37. The Morgan fingerprint density at radius 2 is 1.94 bits per heavy atom. The van der Waals surface area contributed by atoms with Gasteiger partial charge >= 0.3 is 6.18 Å². The number of aliphatic hydroxyl groups is 2. The van der Waals surface area contributed by atoms with E-state index < -0.39 is 23.8 Å². The molecule has 1 saturated heterocycles. The van der Waals surface area contributed by atoms with Gasteiger partial charge in [-0.2, -0.15) is 18.2 Å². The number of carbonyl (C=O) groups is 2. The predicted octanol–water partition coefficient (Wildman–Crippen LogP) is 2.88. The van der Waals surface area contributed by atoms with E-state index in [1.807, 2.05) is 6.07 Å². The van der Waals surface area contributed by atoms with E-state index >= 15 is 0 Å². The molecule has 3 aromatic rings. The number of hydrogen-bond donors (Lipinski definition) is 4. The summed E-state index contributed by atoms with van der Waals surface area (Å²) in [5, 5.41) is 19.0. The van der Waals surface area contributed by atoms with Crippen molar-refractivity contribution in [2.24, 2.45) is 4.99 Å². The van der Waals surface area contributed by atoms with E-state index in [4.69, 9.17) is 0 Å². The lowest BCUT2D eigenvalue weighted by molar-refractivity contribution is -0.137. The van der Waals surface area contributed by atoms with E-state index in [2.05, 4.69) is 15.0 Å². The molecule has 1 fully saturated rings. The average Bonchev–Trinajstić information content (AvgIpc) is 3.24. The summed E-state index contributed by atoms with van der Waals surface area (Å²) in [7, 11) is 1.75. The normalized spacial score (nSPS) is 18.2. The molecule has 2 aromatic carbocycles. The number of hydrogen-bond acceptors (Lipinski definition) is 4. The molecule has 0 spiro atoms. The zero-order chi connectivity index (χ0) is 26.0. The predicted molar refractivity (Wildman–Crippen MR) is 125 cm³/mol. The van der Waals surface area contributed by atoms with E-state index in [0.717, 1.165) is 35.7 Å². The second kappa shape index (κ2) is 10.3. The van der Waals surface area contributed by atoms with Gasteiger partial charge in [-0.15, -0.1) is 0 Å². The van der Waals surface area contributed by atoms with Crippen LogP contribution in [-0.4, -0.2) is 63.2 Å². The number of carbonyl (C=O) groups excluding carboxylic acids is 2. The molecule has 0 bridgehead atoms. The number of benzene rings is 2. The first-order valence-electron chi connectivity index (χ1n) is 11.6. The molecule has 2 amide bonds. The van der Waals surface area contributed by atoms with Crippen molar-refractivity contribution >= 4 is 22.8 Å². The van der Waals surface area contributed by atoms with Crippen LogP contribution in [0.1, 0.15) is 52.2 Å². The molecule has 1 aliphatic heterocycles. The van der Waals surface area contributed by atoms with Crippen LogP contribution >= 0.6 is 0 Å². The summed E-state index contributed by atoms with van der Waals surface area (Å²) in [4.78, 5) is 37.0. The fraction of sp³-hybridized carbons (Fsp3) is 0.400. The molecule has 11 heteroatoms. The number of imidazole rings is 1. The highest BCUT2D eigenvalue weighted by molar-refractivity contribution is 5.95. The van der Waals surface area contributed by atoms with Gasteiger partial charge in [0, 0.05) is 19.2 Å². The minimum Gasteiger partial charge on any atom is -0.394 e. The van der Waals surface area contributed by atoms with Crippen LogP contribution in [0.4, 0.5) is 13.2 Å². The van der Waals surface area contributed by atoms with Crippen molar-refractivity contribution in [2.45, 2.75) is 43.9 Å². The molecule has 192 valence electrons. The van der Waals surface area contributed by atoms with Gasteiger partial charge in [0.2, 0.25) is 11.5 Å². The van der Waals surface area contributed by atoms with E-state index in [1.54, 1.807) is 18.0 Å². The fourth-order valence-corrected chi connectivity index (χ4v) is 4.48. The minimum absolute atomic E-state index is 0.00951. The number of nitrogens with one attached hydrogen (secondary N) is 2. The Bertz CT molecular complexity index is 1350. The van der Waals surface area contributed by atoms with Crippen molar-refractivity contribution in [1.82, 2.24) is 14.9 Å². The lowest BCUT2D eigenvalue weighted by Gasteiger charge is -2.30. The summed E-state index contributed by atoms with van der Waals surface area (Å²) in [6.45, 7) is 0.298. The summed E-state index contributed by atoms with van der Waals surface area (Å²) >= 11 is 0. The van der Waals surface area contributed by atoms with Crippen molar-refractivity contribution in [3.63, 3.8) is 0 Å². The number of aromatic amines is 2. The number of alkyl halides is 3. The largest absolute Gasteiger partial charge is 0.416 e. The molecule has 2 atom stereocenters. The first kappa shape index (κ1) is 25.6. The van der Waals surface area contributed by atoms with E-state index in [1.165, 1.54) is 6.07 Å². The van der Waals surface area contributed by atoms with Gasteiger partial charge in [0.25, 0.3) is 5.91 Å². The Labute approximate surface area is 204 Å². The number of aromatic nitrogens is 2. The highest BCUT2D eigenvalue weighted by Crippen LogP contribution is 2.33. The molecular weight excluding hydrogens is 477 g/mol. The van der Waals surface area contributed by atoms with E-state index in [-0.39, 0.29) is 29.6 Å². The Balaban J connectivity index is 1.72. The molecule has 4 N–H and O–H groups in total. The molecular formula is C25H27F3N4O4. The number of halogens is 3. The molecule has 1 aliphatic rings. The molecule has 4 rings (SSSR count).